The van der Waals surface area contributed by atoms with E-state index in [1.807, 2.05) is 6.07 Å². The van der Waals surface area contributed by atoms with Gasteiger partial charge in [0.05, 0.1) is 17.9 Å². The Morgan fingerprint density at radius 3 is 2.49 bits per heavy atom. The molecule has 2 heterocycles. The maximum Gasteiger partial charge on any atom is 0.343 e. The van der Waals surface area contributed by atoms with E-state index in [0.29, 0.717) is 5.56 Å². The van der Waals surface area contributed by atoms with Crippen molar-refractivity contribution in [1.29, 1.82) is 5.26 Å². The highest BCUT2D eigenvalue weighted by molar-refractivity contribution is 7.89. The second kappa shape index (κ2) is 12.2. The zero-order chi connectivity index (χ0) is 27.0. The van der Waals surface area contributed by atoms with Crippen molar-refractivity contribution >= 4 is 33.7 Å². The number of hydrogen-bond acceptors (Lipinski definition) is 10. The SMILES string of the molecule is CCOC(=O)c1cc(C#N)c(N2CCC(C(=O)NS(=O)(=O)Cc3ccccc3)CC2)nc1OCC(=O)O. The first-order valence-corrected chi connectivity index (χ1v) is 13.1. The van der Waals surface area contributed by atoms with E-state index in [4.69, 9.17) is 14.6 Å². The average molecular weight is 531 g/mol. The molecular weight excluding hydrogens is 504 g/mol. The normalized spacial score (nSPS) is 13.9. The number of aliphatic carboxylic acids is 1. The molecule has 196 valence electrons. The summed E-state index contributed by atoms with van der Waals surface area (Å²) in [5.74, 6) is -3.73. The molecule has 2 N–H and O–H groups in total. The minimum atomic E-state index is -3.87. The van der Waals surface area contributed by atoms with Gasteiger partial charge in [0.15, 0.2) is 12.4 Å². The van der Waals surface area contributed by atoms with Crippen LogP contribution < -0.4 is 14.4 Å². The number of aromatic nitrogens is 1. The van der Waals surface area contributed by atoms with E-state index in [0.717, 1.165) is 0 Å². The maximum absolute atomic E-state index is 12.7. The minimum absolute atomic E-state index is 0.0408. The summed E-state index contributed by atoms with van der Waals surface area (Å²) in [4.78, 5) is 41.9. The fourth-order valence-corrected chi connectivity index (χ4v) is 5.00. The molecule has 0 aliphatic carbocycles. The average Bonchev–Trinajstić information content (AvgIpc) is 2.87. The van der Waals surface area contributed by atoms with Crippen LogP contribution in [0.1, 0.15) is 41.3 Å². The third-order valence-corrected chi connectivity index (χ3v) is 6.76. The Bertz CT molecular complexity index is 1300. The lowest BCUT2D eigenvalue weighted by Crippen LogP contribution is -2.43. The van der Waals surface area contributed by atoms with Gasteiger partial charge in [0.1, 0.15) is 11.6 Å². The molecule has 2 aromatic rings. The van der Waals surface area contributed by atoms with Gasteiger partial charge < -0.3 is 19.5 Å². The van der Waals surface area contributed by atoms with Crippen molar-refractivity contribution in [3.63, 3.8) is 0 Å². The number of carboxylic acids is 1. The van der Waals surface area contributed by atoms with Crippen LogP contribution in [0, 0.1) is 17.2 Å². The Kier molecular flexibility index (Phi) is 9.02. The number of esters is 1. The Morgan fingerprint density at radius 2 is 1.89 bits per heavy atom. The number of nitriles is 1. The zero-order valence-electron chi connectivity index (χ0n) is 20.0. The number of carbonyl (C=O) groups is 3. The first kappa shape index (κ1) is 27.4. The number of anilines is 1. The number of carbonyl (C=O) groups excluding carboxylic acids is 2. The summed E-state index contributed by atoms with van der Waals surface area (Å²) in [6, 6.07) is 11.7. The van der Waals surface area contributed by atoms with Gasteiger partial charge in [0, 0.05) is 19.0 Å². The van der Waals surface area contributed by atoms with E-state index in [1.165, 1.54) is 6.07 Å². The highest BCUT2D eigenvalue weighted by Crippen LogP contribution is 2.30. The molecule has 1 saturated heterocycles. The topological polar surface area (TPSA) is 176 Å². The highest BCUT2D eigenvalue weighted by Gasteiger charge is 2.30. The fourth-order valence-electron chi connectivity index (χ4n) is 3.83. The highest BCUT2D eigenvalue weighted by atomic mass is 32.2. The first-order chi connectivity index (χ1) is 17.6. The third-order valence-electron chi connectivity index (χ3n) is 5.54. The van der Waals surface area contributed by atoms with Crippen molar-refractivity contribution in [3.05, 3.63) is 53.1 Å². The number of pyridine rings is 1. The summed E-state index contributed by atoms with van der Waals surface area (Å²) in [5.41, 5.74) is 0.417. The monoisotopic (exact) mass is 530 g/mol. The maximum atomic E-state index is 12.7. The van der Waals surface area contributed by atoms with Crippen LogP contribution in [0.25, 0.3) is 0 Å². The van der Waals surface area contributed by atoms with Crippen LogP contribution in [0.5, 0.6) is 5.88 Å². The van der Waals surface area contributed by atoms with Gasteiger partial charge in [0.2, 0.25) is 21.8 Å². The number of nitrogens with one attached hydrogen (secondary N) is 1. The predicted molar refractivity (Wildman–Crippen MR) is 130 cm³/mol. The molecule has 0 bridgehead atoms. The van der Waals surface area contributed by atoms with Crippen LogP contribution in [0.2, 0.25) is 0 Å². The number of amides is 1. The van der Waals surface area contributed by atoms with Crippen LogP contribution in [0.15, 0.2) is 36.4 Å². The Morgan fingerprint density at radius 1 is 1.22 bits per heavy atom. The molecule has 1 aromatic heterocycles. The molecule has 13 heteroatoms. The summed E-state index contributed by atoms with van der Waals surface area (Å²) < 4.78 is 37.1. The molecule has 1 aliphatic heterocycles. The lowest BCUT2D eigenvalue weighted by molar-refractivity contribution is -0.139. The van der Waals surface area contributed by atoms with Crippen LogP contribution in [0.4, 0.5) is 5.82 Å². The molecule has 1 fully saturated rings. The van der Waals surface area contributed by atoms with E-state index in [1.54, 1.807) is 42.2 Å². The van der Waals surface area contributed by atoms with Crippen molar-refractivity contribution < 1.29 is 37.4 Å². The van der Waals surface area contributed by atoms with Gasteiger partial charge in [-0.2, -0.15) is 10.2 Å². The van der Waals surface area contributed by atoms with Crippen molar-refractivity contribution in [2.45, 2.75) is 25.5 Å². The van der Waals surface area contributed by atoms with Gasteiger partial charge in [-0.15, -0.1) is 0 Å². The van der Waals surface area contributed by atoms with Gasteiger partial charge in [-0.1, -0.05) is 30.3 Å². The molecule has 0 saturated carbocycles. The van der Waals surface area contributed by atoms with Crippen LogP contribution in [-0.2, 0) is 30.1 Å². The van der Waals surface area contributed by atoms with Gasteiger partial charge >= 0.3 is 11.9 Å². The van der Waals surface area contributed by atoms with Crippen molar-refractivity contribution in [2.24, 2.45) is 5.92 Å². The quantitative estimate of drug-likeness (QED) is 0.425. The molecule has 1 aliphatic rings. The number of ether oxygens (including phenoxy) is 2. The van der Waals surface area contributed by atoms with Crippen molar-refractivity contribution in [1.82, 2.24) is 9.71 Å². The molecule has 1 aromatic carbocycles. The number of rotatable bonds is 10. The number of piperidine rings is 1. The van der Waals surface area contributed by atoms with E-state index in [9.17, 15) is 28.1 Å². The lowest BCUT2D eigenvalue weighted by Gasteiger charge is -2.32. The van der Waals surface area contributed by atoms with Crippen molar-refractivity contribution in [3.8, 4) is 11.9 Å². The van der Waals surface area contributed by atoms with Crippen LogP contribution in [-0.4, -0.2) is 62.7 Å². The molecule has 12 nitrogen and oxygen atoms in total. The third kappa shape index (κ3) is 7.40. The largest absolute Gasteiger partial charge is 0.479 e. The summed E-state index contributed by atoms with van der Waals surface area (Å²) in [7, 11) is -3.87. The van der Waals surface area contributed by atoms with Gasteiger partial charge in [-0.3, -0.25) is 9.52 Å². The number of benzene rings is 1. The molecule has 0 unspecified atom stereocenters. The number of carboxylic acid groups (broad SMARTS) is 1. The van der Waals surface area contributed by atoms with Crippen LogP contribution >= 0.6 is 0 Å². The second-order valence-electron chi connectivity index (χ2n) is 8.20. The second-order valence-corrected chi connectivity index (χ2v) is 9.92. The van der Waals surface area contributed by atoms with Crippen molar-refractivity contribution in [2.75, 3.05) is 31.2 Å². The lowest BCUT2D eigenvalue weighted by atomic mass is 9.96. The molecule has 3 rings (SSSR count). The van der Waals surface area contributed by atoms with Gasteiger partial charge in [0.25, 0.3) is 0 Å². The standard InChI is InChI=1S/C24H26N4O8S/c1-2-35-24(32)19-12-18(13-25)21(26-23(19)36-14-20(29)30)28-10-8-17(9-11-28)22(31)27-37(33,34)15-16-6-4-3-5-7-16/h3-7,12,17H,2,8-11,14-15H2,1H3,(H,27,31)(H,29,30). The minimum Gasteiger partial charge on any atom is -0.479 e. The molecular formula is C24H26N4O8S. The molecule has 0 atom stereocenters. The van der Waals surface area contributed by atoms with Crippen LogP contribution in [0.3, 0.4) is 0 Å². The summed E-state index contributed by atoms with van der Waals surface area (Å²) in [6.45, 7) is 1.41. The predicted octanol–water partition coefficient (Wildman–Crippen LogP) is 1.46. The van der Waals surface area contributed by atoms with E-state index in [2.05, 4.69) is 9.71 Å². The first-order valence-electron chi connectivity index (χ1n) is 11.4. The zero-order valence-corrected chi connectivity index (χ0v) is 20.9. The fraction of sp³-hybridized carbons (Fsp3) is 0.375. The number of hydrogen-bond donors (Lipinski definition) is 2. The Labute approximate surface area is 213 Å². The molecule has 37 heavy (non-hydrogen) atoms. The molecule has 0 spiro atoms. The smallest absolute Gasteiger partial charge is 0.343 e. The number of nitrogens with zero attached hydrogens (tertiary/aromatic N) is 3. The summed E-state index contributed by atoms with van der Waals surface area (Å²) >= 11 is 0. The number of sulfonamides is 1. The molecule has 1 amide bonds. The Balaban J connectivity index is 1.72. The van der Waals surface area contributed by atoms with Gasteiger partial charge in [-0.25, -0.2) is 18.0 Å². The van der Waals surface area contributed by atoms with E-state index >= 15 is 0 Å². The summed E-state index contributed by atoms with van der Waals surface area (Å²) in [6.07, 6.45) is 0.564. The van der Waals surface area contributed by atoms with E-state index < -0.39 is 40.4 Å². The van der Waals surface area contributed by atoms with E-state index in [-0.39, 0.29) is 61.1 Å². The molecule has 0 radical (unpaired) electrons. The van der Waals surface area contributed by atoms with Gasteiger partial charge in [-0.05, 0) is 31.4 Å². The summed E-state index contributed by atoms with van der Waals surface area (Å²) in [5, 5.41) is 18.6. The Hall–Kier alpha value is -4.18.